The summed E-state index contributed by atoms with van der Waals surface area (Å²) in [6.07, 6.45) is 0. The predicted octanol–water partition coefficient (Wildman–Crippen LogP) is 4.24. The van der Waals surface area contributed by atoms with E-state index in [1.807, 2.05) is 0 Å². The Morgan fingerprint density at radius 2 is 1.81 bits per heavy atom. The molecule has 9 heteroatoms. The van der Waals surface area contributed by atoms with Crippen molar-refractivity contribution in [1.82, 2.24) is 9.88 Å². The number of fused-ring (bicyclic) bond motifs is 2. The van der Waals surface area contributed by atoms with Gasteiger partial charge in [0.1, 0.15) is 0 Å². The first-order chi connectivity index (χ1) is 18.1. The Morgan fingerprint density at radius 3 is 2.62 bits per heavy atom. The van der Waals surface area contributed by atoms with E-state index >= 15 is 0 Å². The zero-order valence-corrected chi connectivity index (χ0v) is 22.3. The number of aromatic nitrogens is 1. The third-order valence-electron chi connectivity index (χ3n) is 7.54. The summed E-state index contributed by atoms with van der Waals surface area (Å²) < 4.78 is 10.9. The zero-order chi connectivity index (χ0) is 24.8. The Kier molecular flexibility index (Phi) is 6.21. The van der Waals surface area contributed by atoms with Gasteiger partial charge < -0.3 is 29.6 Å². The molecule has 0 unspecified atom stereocenters. The average Bonchev–Trinajstić information content (AvgIpc) is 2.87. The minimum atomic E-state index is -0.0735. The Labute approximate surface area is 224 Å². The summed E-state index contributed by atoms with van der Waals surface area (Å²) in [5.74, 6) is 0. The lowest BCUT2D eigenvalue weighted by Gasteiger charge is -2.55. The van der Waals surface area contributed by atoms with Crippen LogP contribution in [0.4, 0.5) is 11.4 Å². The molecule has 0 atom stereocenters. The van der Waals surface area contributed by atoms with E-state index in [0.717, 1.165) is 62.0 Å². The van der Waals surface area contributed by atoms with E-state index < -0.39 is 0 Å². The van der Waals surface area contributed by atoms with E-state index in [-0.39, 0.29) is 5.56 Å². The van der Waals surface area contributed by atoms with Crippen molar-refractivity contribution in [2.24, 2.45) is 5.41 Å². The van der Waals surface area contributed by atoms with Gasteiger partial charge in [0.15, 0.2) is 0 Å². The highest BCUT2D eigenvalue weighted by atomic mass is 32.2. The summed E-state index contributed by atoms with van der Waals surface area (Å²) in [4.78, 5) is 25.3. The number of pyridine rings is 1. The number of likely N-dealkylation sites (tertiary alicyclic amines) is 1. The summed E-state index contributed by atoms with van der Waals surface area (Å²) >= 11 is 3.59. The van der Waals surface area contributed by atoms with Gasteiger partial charge in [-0.15, -0.1) is 0 Å². The van der Waals surface area contributed by atoms with E-state index in [9.17, 15) is 4.79 Å². The number of nitrogens with zero attached hydrogens (tertiary/aromatic N) is 2. The van der Waals surface area contributed by atoms with Crippen molar-refractivity contribution in [3.8, 4) is 11.3 Å². The molecule has 2 N–H and O–H groups in total. The topological polar surface area (TPSA) is 69.8 Å². The van der Waals surface area contributed by atoms with Crippen LogP contribution >= 0.6 is 23.5 Å². The standard InChI is InChI=1S/C28H30N4O3S2/c33-26-14-20(32-8-10-34-11-9-32)13-22(30-26)21-2-1-3-24-27(21)37-23-5-4-19(12-25(23)36-24)29-6-7-31-15-28(16-31)17-35-18-28/h1-5,12-14,29H,6-11,15-18H2,(H,30,33). The van der Waals surface area contributed by atoms with Gasteiger partial charge in [-0.25, -0.2) is 0 Å². The molecule has 192 valence electrons. The Bertz CT molecular complexity index is 1380. The van der Waals surface area contributed by atoms with Gasteiger partial charge in [0, 0.05) is 87.3 Å². The second-order valence-corrected chi connectivity index (χ2v) is 12.5. The third-order valence-corrected chi connectivity index (χ3v) is 10.1. The van der Waals surface area contributed by atoms with Gasteiger partial charge in [0.25, 0.3) is 0 Å². The molecule has 1 spiro atoms. The lowest BCUT2D eigenvalue weighted by molar-refractivity contribution is -0.187. The highest BCUT2D eigenvalue weighted by molar-refractivity contribution is 8.05. The molecular weight excluding hydrogens is 504 g/mol. The van der Waals surface area contributed by atoms with Crippen LogP contribution in [0.15, 0.2) is 72.9 Å². The van der Waals surface area contributed by atoms with Gasteiger partial charge in [-0.05, 0) is 30.3 Å². The molecule has 0 aliphatic carbocycles. The van der Waals surface area contributed by atoms with Crippen LogP contribution in [0.25, 0.3) is 11.3 Å². The van der Waals surface area contributed by atoms with Crippen molar-refractivity contribution in [1.29, 1.82) is 0 Å². The highest BCUT2D eigenvalue weighted by Crippen LogP contribution is 2.52. The first-order valence-electron chi connectivity index (χ1n) is 12.9. The maximum Gasteiger partial charge on any atom is 0.250 e. The molecule has 7 rings (SSSR count). The zero-order valence-electron chi connectivity index (χ0n) is 20.6. The number of hydrogen-bond acceptors (Lipinski definition) is 8. The maximum atomic E-state index is 12.6. The molecular formula is C28H30N4O3S2. The second kappa shape index (κ2) is 9.71. The van der Waals surface area contributed by atoms with Crippen molar-refractivity contribution in [2.75, 3.05) is 75.9 Å². The van der Waals surface area contributed by atoms with Crippen LogP contribution in [0.1, 0.15) is 0 Å². The number of nitrogens with one attached hydrogen (secondary N) is 2. The molecule has 0 saturated carbocycles. The Morgan fingerprint density at radius 1 is 0.946 bits per heavy atom. The Balaban J connectivity index is 1.07. The first kappa shape index (κ1) is 23.7. The molecule has 0 radical (unpaired) electrons. The first-order valence-corrected chi connectivity index (χ1v) is 14.5. The smallest absolute Gasteiger partial charge is 0.250 e. The molecule has 37 heavy (non-hydrogen) atoms. The fraction of sp³-hybridized carbons (Fsp3) is 0.393. The molecule has 3 saturated heterocycles. The fourth-order valence-electron chi connectivity index (χ4n) is 5.59. The van der Waals surface area contributed by atoms with Crippen molar-refractivity contribution in [2.45, 2.75) is 19.6 Å². The van der Waals surface area contributed by atoms with Crippen LogP contribution in [-0.4, -0.2) is 75.6 Å². The van der Waals surface area contributed by atoms with Gasteiger partial charge in [-0.1, -0.05) is 35.7 Å². The van der Waals surface area contributed by atoms with Gasteiger partial charge in [0.05, 0.1) is 32.1 Å². The average molecular weight is 535 g/mol. The SMILES string of the molecule is O=c1cc(N2CCOCC2)cc(-c2cccc3c2Sc2ccc(NCCN4CC5(COC5)C4)cc2S3)[nH]1. The number of ether oxygens (including phenoxy) is 2. The van der Waals surface area contributed by atoms with Crippen LogP contribution in [0.3, 0.4) is 0 Å². The van der Waals surface area contributed by atoms with E-state index in [2.05, 4.69) is 62.6 Å². The predicted molar refractivity (Wildman–Crippen MR) is 148 cm³/mol. The molecule has 7 nitrogen and oxygen atoms in total. The number of rotatable bonds is 6. The third kappa shape index (κ3) is 4.68. The molecule has 3 fully saturated rings. The quantitative estimate of drug-likeness (QED) is 0.381. The minimum Gasteiger partial charge on any atom is -0.384 e. The fourth-order valence-corrected chi connectivity index (χ4v) is 8.01. The van der Waals surface area contributed by atoms with Crippen LogP contribution < -0.4 is 15.8 Å². The van der Waals surface area contributed by atoms with E-state index in [4.69, 9.17) is 9.47 Å². The summed E-state index contributed by atoms with van der Waals surface area (Å²) in [6.45, 7) is 9.22. The number of benzene rings is 2. The van der Waals surface area contributed by atoms with Crippen LogP contribution in [-0.2, 0) is 9.47 Å². The lowest BCUT2D eigenvalue weighted by Crippen LogP contribution is -2.66. The van der Waals surface area contributed by atoms with E-state index in [1.54, 1.807) is 29.6 Å². The van der Waals surface area contributed by atoms with Gasteiger partial charge in [0.2, 0.25) is 5.56 Å². The van der Waals surface area contributed by atoms with Crippen LogP contribution in [0, 0.1) is 5.41 Å². The maximum absolute atomic E-state index is 12.6. The second-order valence-electron chi connectivity index (χ2n) is 10.3. The number of anilines is 2. The monoisotopic (exact) mass is 534 g/mol. The minimum absolute atomic E-state index is 0.0735. The molecule has 0 bridgehead atoms. The number of aromatic amines is 1. The van der Waals surface area contributed by atoms with Gasteiger partial charge in [-0.3, -0.25) is 4.79 Å². The molecule has 1 aromatic heterocycles. The van der Waals surface area contributed by atoms with Crippen LogP contribution in [0.5, 0.6) is 0 Å². The molecule has 5 heterocycles. The normalized spacial score (nSPS) is 20.1. The largest absolute Gasteiger partial charge is 0.384 e. The summed E-state index contributed by atoms with van der Waals surface area (Å²) in [5.41, 5.74) is 4.45. The summed E-state index contributed by atoms with van der Waals surface area (Å²) in [6, 6.07) is 16.8. The lowest BCUT2D eigenvalue weighted by atomic mass is 9.78. The summed E-state index contributed by atoms with van der Waals surface area (Å²) in [7, 11) is 0. The van der Waals surface area contributed by atoms with Gasteiger partial charge in [-0.2, -0.15) is 0 Å². The van der Waals surface area contributed by atoms with Crippen molar-refractivity contribution < 1.29 is 9.47 Å². The number of morpholine rings is 1. The van der Waals surface area contributed by atoms with Crippen molar-refractivity contribution in [3.05, 3.63) is 58.9 Å². The Hall–Kier alpha value is -2.43. The van der Waals surface area contributed by atoms with E-state index in [0.29, 0.717) is 18.6 Å². The molecule has 4 aliphatic heterocycles. The highest BCUT2D eigenvalue weighted by Gasteiger charge is 2.48. The van der Waals surface area contributed by atoms with Crippen LogP contribution in [0.2, 0.25) is 0 Å². The van der Waals surface area contributed by atoms with Crippen molar-refractivity contribution in [3.63, 3.8) is 0 Å². The molecule has 0 amide bonds. The molecule has 4 aliphatic rings. The van der Waals surface area contributed by atoms with E-state index in [1.165, 1.54) is 32.7 Å². The molecule has 2 aromatic carbocycles. The summed E-state index contributed by atoms with van der Waals surface area (Å²) in [5, 5.41) is 3.61. The number of H-pyrrole nitrogens is 1. The molecule has 3 aromatic rings. The van der Waals surface area contributed by atoms with Crippen molar-refractivity contribution >= 4 is 34.9 Å². The number of hydrogen-bond donors (Lipinski definition) is 2. The van der Waals surface area contributed by atoms with Gasteiger partial charge >= 0.3 is 0 Å².